The summed E-state index contributed by atoms with van der Waals surface area (Å²) in [5, 5.41) is 13.3. The van der Waals surface area contributed by atoms with Gasteiger partial charge in [0.15, 0.2) is 5.82 Å². The van der Waals surface area contributed by atoms with E-state index >= 15 is 0 Å². The van der Waals surface area contributed by atoms with Crippen molar-refractivity contribution < 1.29 is 13.2 Å². The minimum absolute atomic E-state index is 0.167. The molecule has 9 heteroatoms. The Morgan fingerprint density at radius 2 is 2.28 bits per heavy atom. The molecule has 1 N–H and O–H groups in total. The first-order valence-electron chi connectivity index (χ1n) is 7.90. The third-order valence-corrected chi connectivity index (χ3v) is 5.71. The number of hydrogen-bond donors (Lipinski definition) is 1. The van der Waals surface area contributed by atoms with Gasteiger partial charge in [-0.3, -0.25) is 0 Å². The van der Waals surface area contributed by atoms with Crippen molar-refractivity contribution in [3.63, 3.8) is 0 Å². The largest absolute Gasteiger partial charge is 0.377 e. The maximum Gasteiger partial charge on any atom is 0.241 e. The van der Waals surface area contributed by atoms with E-state index in [4.69, 9.17) is 10.00 Å². The highest BCUT2D eigenvalue weighted by atomic mass is 32.2. The monoisotopic (exact) mass is 361 g/mol. The smallest absolute Gasteiger partial charge is 0.241 e. The van der Waals surface area contributed by atoms with Gasteiger partial charge in [-0.1, -0.05) is 0 Å². The number of rotatable bonds is 5. The fourth-order valence-corrected chi connectivity index (χ4v) is 4.43. The van der Waals surface area contributed by atoms with Crippen LogP contribution in [0.25, 0.3) is 0 Å². The molecule has 0 saturated carbocycles. The van der Waals surface area contributed by atoms with Crippen molar-refractivity contribution in [1.29, 1.82) is 5.26 Å². The zero-order valence-corrected chi connectivity index (χ0v) is 14.9. The Kier molecular flexibility index (Phi) is 4.85. The Morgan fingerprint density at radius 3 is 2.96 bits per heavy atom. The van der Waals surface area contributed by atoms with E-state index in [0.717, 1.165) is 6.42 Å². The highest BCUT2D eigenvalue weighted by Crippen LogP contribution is 2.26. The number of hydrogen-bond acceptors (Lipinski definition) is 6. The molecule has 0 aliphatic carbocycles. The predicted octanol–water partition coefficient (Wildman–Crippen LogP) is 1.42. The standard InChI is InChI=1S/C16H19N5O3S/c1-11-8-12(9-17)5-6-14(11)25(22,23)20-13-4-3-7-21-16(13)18-15(19-21)10-24-2/h5-6,8,13,20H,3-4,7,10H2,1-2H3/t13-/m1/s1. The number of benzene rings is 1. The zero-order valence-electron chi connectivity index (χ0n) is 14.1. The fraction of sp³-hybridized carbons (Fsp3) is 0.438. The summed E-state index contributed by atoms with van der Waals surface area (Å²) >= 11 is 0. The number of ether oxygens (including phenoxy) is 1. The molecule has 0 radical (unpaired) electrons. The lowest BCUT2D eigenvalue weighted by Gasteiger charge is -2.23. The van der Waals surface area contributed by atoms with Gasteiger partial charge < -0.3 is 4.74 Å². The summed E-state index contributed by atoms with van der Waals surface area (Å²) in [5.41, 5.74) is 0.960. The lowest BCUT2D eigenvalue weighted by molar-refractivity contribution is 0.177. The summed E-state index contributed by atoms with van der Waals surface area (Å²) in [6.45, 7) is 2.67. The van der Waals surface area contributed by atoms with E-state index in [2.05, 4.69) is 14.8 Å². The number of aryl methyl sites for hydroxylation is 2. The third kappa shape index (κ3) is 3.56. The Bertz CT molecular complexity index is 930. The molecule has 25 heavy (non-hydrogen) atoms. The summed E-state index contributed by atoms with van der Waals surface area (Å²) < 4.78 is 35.1. The second kappa shape index (κ2) is 6.92. The Morgan fingerprint density at radius 1 is 1.48 bits per heavy atom. The zero-order chi connectivity index (χ0) is 18.0. The average Bonchev–Trinajstić information content (AvgIpc) is 2.98. The highest BCUT2D eigenvalue weighted by Gasteiger charge is 2.29. The molecule has 0 unspecified atom stereocenters. The van der Waals surface area contributed by atoms with Gasteiger partial charge in [-0.05, 0) is 43.5 Å². The molecule has 1 aliphatic rings. The van der Waals surface area contributed by atoms with E-state index in [-0.39, 0.29) is 11.5 Å². The topological polar surface area (TPSA) is 110 Å². The van der Waals surface area contributed by atoms with E-state index in [1.807, 2.05) is 6.07 Å². The van der Waals surface area contributed by atoms with Crippen molar-refractivity contribution in [2.24, 2.45) is 0 Å². The summed E-state index contributed by atoms with van der Waals surface area (Å²) in [5.74, 6) is 1.14. The Labute approximate surface area is 146 Å². The van der Waals surface area contributed by atoms with E-state index < -0.39 is 16.1 Å². The van der Waals surface area contributed by atoms with Crippen LogP contribution in [0.5, 0.6) is 0 Å². The van der Waals surface area contributed by atoms with Crippen molar-refractivity contribution in [3.8, 4) is 6.07 Å². The van der Waals surface area contributed by atoms with Crippen LogP contribution in [0.15, 0.2) is 23.1 Å². The molecule has 132 valence electrons. The van der Waals surface area contributed by atoms with E-state index in [0.29, 0.717) is 35.7 Å². The number of sulfonamides is 1. The lowest BCUT2D eigenvalue weighted by atomic mass is 10.1. The molecule has 2 aromatic rings. The van der Waals surface area contributed by atoms with Gasteiger partial charge in [0.2, 0.25) is 10.0 Å². The second-order valence-corrected chi connectivity index (χ2v) is 7.63. The van der Waals surface area contributed by atoms with Crippen molar-refractivity contribution in [3.05, 3.63) is 41.0 Å². The number of methoxy groups -OCH3 is 1. The molecule has 2 heterocycles. The van der Waals surface area contributed by atoms with E-state index in [9.17, 15) is 8.42 Å². The first kappa shape index (κ1) is 17.5. The van der Waals surface area contributed by atoms with Crippen LogP contribution in [-0.4, -0.2) is 30.3 Å². The maximum atomic E-state index is 12.8. The maximum absolute atomic E-state index is 12.8. The first-order chi connectivity index (χ1) is 11.9. The summed E-state index contributed by atoms with van der Waals surface area (Å²) in [6.07, 6.45) is 1.46. The van der Waals surface area contributed by atoms with Crippen LogP contribution in [0.2, 0.25) is 0 Å². The van der Waals surface area contributed by atoms with Crippen LogP contribution < -0.4 is 4.72 Å². The SMILES string of the molecule is COCc1nc2n(n1)CCC[C@H]2NS(=O)(=O)c1ccc(C#N)cc1C. The minimum atomic E-state index is -3.73. The highest BCUT2D eigenvalue weighted by molar-refractivity contribution is 7.89. The van der Waals surface area contributed by atoms with Crippen molar-refractivity contribution in [2.75, 3.05) is 7.11 Å². The molecule has 1 aliphatic heterocycles. The van der Waals surface area contributed by atoms with Crippen molar-refractivity contribution in [2.45, 2.75) is 43.9 Å². The van der Waals surface area contributed by atoms with Crippen LogP contribution in [0.3, 0.4) is 0 Å². The molecule has 1 atom stereocenters. The third-order valence-electron chi connectivity index (χ3n) is 4.08. The first-order valence-corrected chi connectivity index (χ1v) is 9.38. The average molecular weight is 361 g/mol. The van der Waals surface area contributed by atoms with Crippen LogP contribution in [0.1, 0.15) is 41.7 Å². The Hall–Kier alpha value is -2.28. The Balaban J connectivity index is 1.89. The van der Waals surface area contributed by atoms with E-state index in [1.54, 1.807) is 24.8 Å². The number of nitrogens with one attached hydrogen (secondary N) is 1. The van der Waals surface area contributed by atoms with Gasteiger partial charge in [-0.25, -0.2) is 22.8 Å². The summed E-state index contributed by atoms with van der Waals surface area (Å²) in [7, 11) is -2.17. The fourth-order valence-electron chi connectivity index (χ4n) is 2.97. The van der Waals surface area contributed by atoms with Crippen molar-refractivity contribution in [1.82, 2.24) is 19.5 Å². The summed E-state index contributed by atoms with van der Waals surface area (Å²) in [4.78, 5) is 4.57. The summed E-state index contributed by atoms with van der Waals surface area (Å²) in [6, 6.07) is 6.09. The van der Waals surface area contributed by atoms with E-state index in [1.165, 1.54) is 12.1 Å². The van der Waals surface area contributed by atoms with Gasteiger partial charge in [-0.15, -0.1) is 0 Å². The number of fused-ring (bicyclic) bond motifs is 1. The molecule has 1 aromatic heterocycles. The molecule has 8 nitrogen and oxygen atoms in total. The molecule has 0 fully saturated rings. The normalized spacial score (nSPS) is 17.1. The molecule has 0 bridgehead atoms. The quantitative estimate of drug-likeness (QED) is 0.862. The number of nitriles is 1. The van der Waals surface area contributed by atoms with Crippen LogP contribution in [0.4, 0.5) is 0 Å². The van der Waals surface area contributed by atoms with Crippen molar-refractivity contribution >= 4 is 10.0 Å². The van der Waals surface area contributed by atoms with Gasteiger partial charge >= 0.3 is 0 Å². The molecular weight excluding hydrogens is 342 g/mol. The van der Waals surface area contributed by atoms with Crippen LogP contribution in [0, 0.1) is 18.3 Å². The number of aromatic nitrogens is 3. The molecule has 1 aromatic carbocycles. The molecule has 3 rings (SSSR count). The molecule has 0 spiro atoms. The van der Waals surface area contributed by atoms with Gasteiger partial charge in [0.1, 0.15) is 12.4 Å². The number of nitrogens with zero attached hydrogens (tertiary/aromatic N) is 4. The van der Waals surface area contributed by atoms with Crippen LogP contribution >= 0.6 is 0 Å². The van der Waals surface area contributed by atoms with Gasteiger partial charge in [-0.2, -0.15) is 10.4 Å². The molecule has 0 saturated heterocycles. The lowest BCUT2D eigenvalue weighted by Crippen LogP contribution is -2.33. The van der Waals surface area contributed by atoms with Gasteiger partial charge in [0, 0.05) is 13.7 Å². The van der Waals surface area contributed by atoms with Crippen LogP contribution in [-0.2, 0) is 27.9 Å². The second-order valence-electron chi connectivity index (χ2n) is 5.95. The molecule has 0 amide bonds. The van der Waals surface area contributed by atoms with Gasteiger partial charge in [0.05, 0.1) is 22.6 Å². The predicted molar refractivity (Wildman–Crippen MR) is 88.9 cm³/mol. The van der Waals surface area contributed by atoms with Gasteiger partial charge in [0.25, 0.3) is 0 Å². The minimum Gasteiger partial charge on any atom is -0.377 e. The molecular formula is C16H19N5O3S.